The summed E-state index contributed by atoms with van der Waals surface area (Å²) in [6.45, 7) is 9.30. The van der Waals surface area contributed by atoms with Gasteiger partial charge < -0.3 is 15.0 Å². The van der Waals surface area contributed by atoms with Crippen LogP contribution >= 0.6 is 11.8 Å². The fourth-order valence-corrected chi connectivity index (χ4v) is 3.74. The molecule has 2 unspecified atom stereocenters. The van der Waals surface area contributed by atoms with Crippen LogP contribution in [0, 0.1) is 0 Å². The molecule has 0 aromatic rings. The number of rotatable bonds is 4. The summed E-state index contributed by atoms with van der Waals surface area (Å²) in [4.78, 5) is 7.20. The summed E-state index contributed by atoms with van der Waals surface area (Å²) in [6, 6.07) is 0. The van der Waals surface area contributed by atoms with Crippen molar-refractivity contribution in [1.29, 1.82) is 0 Å². The Balaban J connectivity index is 1.91. The standard InChI is InChI=1S/C14H27N3OS/c1-3-13-11-17(7-9-19-13)14(15-4-2)16-10-12-6-5-8-18-12/h12-13H,3-11H2,1-2H3,(H,15,16). The molecule has 0 spiro atoms. The predicted molar refractivity (Wildman–Crippen MR) is 83.1 cm³/mol. The average molecular weight is 285 g/mol. The Morgan fingerprint density at radius 1 is 1.47 bits per heavy atom. The Bertz CT molecular complexity index is 292. The summed E-state index contributed by atoms with van der Waals surface area (Å²) in [5.74, 6) is 2.29. The van der Waals surface area contributed by atoms with Crippen LogP contribution in [0.15, 0.2) is 4.99 Å². The van der Waals surface area contributed by atoms with Crippen LogP contribution in [-0.2, 0) is 4.74 Å². The molecule has 2 saturated heterocycles. The van der Waals surface area contributed by atoms with E-state index in [0.29, 0.717) is 6.10 Å². The van der Waals surface area contributed by atoms with Crippen LogP contribution in [0.5, 0.6) is 0 Å². The molecule has 0 bridgehead atoms. The maximum atomic E-state index is 5.65. The van der Waals surface area contributed by atoms with Crippen molar-refractivity contribution in [2.45, 2.75) is 44.5 Å². The SMILES string of the molecule is CCNC(=NCC1CCCO1)N1CCSC(CC)C1. The van der Waals surface area contributed by atoms with Gasteiger partial charge in [0, 0.05) is 37.2 Å². The number of hydrogen-bond donors (Lipinski definition) is 1. The fourth-order valence-electron chi connectivity index (χ4n) is 2.56. The second-order valence-corrected chi connectivity index (χ2v) is 6.58. The highest BCUT2D eigenvalue weighted by Gasteiger charge is 2.22. The third-order valence-electron chi connectivity index (χ3n) is 3.70. The smallest absolute Gasteiger partial charge is 0.194 e. The van der Waals surface area contributed by atoms with E-state index in [-0.39, 0.29) is 0 Å². The molecule has 4 nitrogen and oxygen atoms in total. The number of nitrogens with one attached hydrogen (secondary N) is 1. The molecule has 2 rings (SSSR count). The number of ether oxygens (including phenoxy) is 1. The lowest BCUT2D eigenvalue weighted by Gasteiger charge is -2.34. The zero-order valence-corrected chi connectivity index (χ0v) is 13.0. The highest BCUT2D eigenvalue weighted by Crippen LogP contribution is 2.21. The number of aliphatic imine (C=N–C) groups is 1. The van der Waals surface area contributed by atoms with E-state index in [9.17, 15) is 0 Å². The second kappa shape index (κ2) is 8.00. The van der Waals surface area contributed by atoms with Gasteiger partial charge in [-0.25, -0.2) is 0 Å². The van der Waals surface area contributed by atoms with Gasteiger partial charge >= 0.3 is 0 Å². The summed E-state index contributed by atoms with van der Waals surface area (Å²) >= 11 is 2.10. The molecule has 1 N–H and O–H groups in total. The zero-order valence-electron chi connectivity index (χ0n) is 12.2. The third-order valence-corrected chi connectivity index (χ3v) is 5.07. The van der Waals surface area contributed by atoms with Crippen LogP contribution in [0.2, 0.25) is 0 Å². The van der Waals surface area contributed by atoms with E-state index < -0.39 is 0 Å². The molecule has 2 fully saturated rings. The van der Waals surface area contributed by atoms with Crippen LogP contribution in [0.1, 0.15) is 33.1 Å². The molecule has 5 heteroatoms. The Morgan fingerprint density at radius 3 is 3.05 bits per heavy atom. The minimum Gasteiger partial charge on any atom is -0.376 e. The highest BCUT2D eigenvalue weighted by atomic mass is 32.2. The Morgan fingerprint density at radius 2 is 2.37 bits per heavy atom. The van der Waals surface area contributed by atoms with E-state index in [4.69, 9.17) is 9.73 Å². The normalized spacial score (nSPS) is 28.7. The topological polar surface area (TPSA) is 36.9 Å². The van der Waals surface area contributed by atoms with Gasteiger partial charge in [-0.05, 0) is 26.2 Å². The van der Waals surface area contributed by atoms with Gasteiger partial charge in [0.15, 0.2) is 5.96 Å². The molecule has 0 aromatic heterocycles. The number of thioether (sulfide) groups is 1. The molecule has 2 atom stereocenters. The summed E-state index contributed by atoms with van der Waals surface area (Å²) < 4.78 is 5.65. The molecule has 2 aliphatic rings. The lowest BCUT2D eigenvalue weighted by atomic mass is 10.2. The molecule has 19 heavy (non-hydrogen) atoms. The molecule has 0 radical (unpaired) electrons. The Kier molecular flexibility index (Phi) is 6.31. The maximum Gasteiger partial charge on any atom is 0.194 e. The first-order valence-corrected chi connectivity index (χ1v) is 8.64. The molecular formula is C14H27N3OS. The van der Waals surface area contributed by atoms with Crippen molar-refractivity contribution in [3.8, 4) is 0 Å². The van der Waals surface area contributed by atoms with E-state index >= 15 is 0 Å². The second-order valence-electron chi connectivity index (χ2n) is 5.18. The van der Waals surface area contributed by atoms with Crippen LogP contribution in [0.25, 0.3) is 0 Å². The fraction of sp³-hybridized carbons (Fsp3) is 0.929. The van der Waals surface area contributed by atoms with Gasteiger partial charge in [0.1, 0.15) is 0 Å². The zero-order chi connectivity index (χ0) is 13.5. The van der Waals surface area contributed by atoms with Crippen LogP contribution in [0.3, 0.4) is 0 Å². The molecule has 0 aliphatic carbocycles. The van der Waals surface area contributed by atoms with Crippen molar-refractivity contribution in [3.05, 3.63) is 0 Å². The molecule has 110 valence electrons. The van der Waals surface area contributed by atoms with E-state index in [2.05, 4.69) is 35.8 Å². The first-order chi connectivity index (χ1) is 9.33. The Hall–Kier alpha value is -0.420. The number of nitrogens with zero attached hydrogens (tertiary/aromatic N) is 2. The van der Waals surface area contributed by atoms with Gasteiger partial charge in [-0.15, -0.1) is 0 Å². The summed E-state index contributed by atoms with van der Waals surface area (Å²) in [5, 5.41) is 4.18. The summed E-state index contributed by atoms with van der Waals surface area (Å²) in [7, 11) is 0. The quantitative estimate of drug-likeness (QED) is 0.633. The lowest BCUT2D eigenvalue weighted by molar-refractivity contribution is 0.117. The number of guanidine groups is 1. The van der Waals surface area contributed by atoms with Crippen LogP contribution < -0.4 is 5.32 Å². The molecule has 0 amide bonds. The van der Waals surface area contributed by atoms with Crippen molar-refractivity contribution in [2.24, 2.45) is 4.99 Å². The minimum absolute atomic E-state index is 0.342. The Labute approximate surface area is 121 Å². The van der Waals surface area contributed by atoms with Crippen LogP contribution in [-0.4, -0.2) is 60.8 Å². The molecule has 2 heterocycles. The van der Waals surface area contributed by atoms with E-state index in [1.165, 1.54) is 18.6 Å². The maximum absolute atomic E-state index is 5.65. The summed E-state index contributed by atoms with van der Waals surface area (Å²) in [6.07, 6.45) is 3.94. The van der Waals surface area contributed by atoms with Gasteiger partial charge in [-0.3, -0.25) is 4.99 Å². The van der Waals surface area contributed by atoms with Gasteiger partial charge in [0.2, 0.25) is 0 Å². The molecular weight excluding hydrogens is 258 g/mol. The van der Waals surface area contributed by atoms with Gasteiger partial charge in [0.25, 0.3) is 0 Å². The summed E-state index contributed by atoms with van der Waals surface area (Å²) in [5.41, 5.74) is 0. The van der Waals surface area contributed by atoms with Gasteiger partial charge in [-0.1, -0.05) is 6.92 Å². The van der Waals surface area contributed by atoms with E-state index in [0.717, 1.165) is 50.4 Å². The first-order valence-electron chi connectivity index (χ1n) is 7.60. The monoisotopic (exact) mass is 285 g/mol. The highest BCUT2D eigenvalue weighted by molar-refractivity contribution is 8.00. The van der Waals surface area contributed by atoms with Crippen molar-refractivity contribution in [3.63, 3.8) is 0 Å². The minimum atomic E-state index is 0.342. The average Bonchev–Trinajstić information content (AvgIpc) is 2.97. The van der Waals surface area contributed by atoms with Crippen molar-refractivity contribution in [2.75, 3.05) is 38.5 Å². The van der Waals surface area contributed by atoms with E-state index in [1.807, 2.05) is 0 Å². The van der Waals surface area contributed by atoms with Crippen LogP contribution in [0.4, 0.5) is 0 Å². The molecule has 2 aliphatic heterocycles. The predicted octanol–water partition coefficient (Wildman–Crippen LogP) is 1.96. The van der Waals surface area contributed by atoms with E-state index in [1.54, 1.807) is 0 Å². The third kappa shape index (κ3) is 4.56. The molecule has 0 saturated carbocycles. The number of hydrogen-bond acceptors (Lipinski definition) is 3. The first kappa shape index (κ1) is 15.0. The van der Waals surface area contributed by atoms with Gasteiger partial charge in [0.05, 0.1) is 12.6 Å². The molecule has 0 aromatic carbocycles. The van der Waals surface area contributed by atoms with Crippen molar-refractivity contribution >= 4 is 17.7 Å². The van der Waals surface area contributed by atoms with Crippen molar-refractivity contribution in [1.82, 2.24) is 10.2 Å². The van der Waals surface area contributed by atoms with Crippen molar-refractivity contribution < 1.29 is 4.74 Å². The lowest BCUT2D eigenvalue weighted by Crippen LogP contribution is -2.48. The van der Waals surface area contributed by atoms with Gasteiger partial charge in [-0.2, -0.15) is 11.8 Å². The largest absolute Gasteiger partial charge is 0.376 e.